The molecule has 0 saturated heterocycles. The number of nitrogens with one attached hydrogen (secondary N) is 1. The van der Waals surface area contributed by atoms with Gasteiger partial charge >= 0.3 is 0 Å². The minimum absolute atomic E-state index is 0.157. The predicted octanol–water partition coefficient (Wildman–Crippen LogP) is 5.25. The van der Waals surface area contributed by atoms with Crippen molar-refractivity contribution < 1.29 is 9.18 Å². The van der Waals surface area contributed by atoms with Gasteiger partial charge in [0.25, 0.3) is 0 Å². The summed E-state index contributed by atoms with van der Waals surface area (Å²) in [4.78, 5) is 16.7. The average Bonchev–Trinajstić information content (AvgIpc) is 3.32. The molecule has 2 aromatic carbocycles. The second-order valence-electron chi connectivity index (χ2n) is 5.82. The van der Waals surface area contributed by atoms with Crippen molar-refractivity contribution in [2.75, 3.05) is 5.32 Å². The molecule has 0 unspecified atom stereocenters. The van der Waals surface area contributed by atoms with Crippen LogP contribution in [0.5, 0.6) is 0 Å². The van der Waals surface area contributed by atoms with E-state index in [0.717, 1.165) is 11.3 Å². The van der Waals surface area contributed by atoms with Gasteiger partial charge in [0, 0.05) is 22.6 Å². The molecule has 2 aromatic heterocycles. The number of hydrogen-bond acceptors (Lipinski definition) is 5. The topological polar surface area (TPSA) is 54.9 Å². The van der Waals surface area contributed by atoms with Crippen LogP contribution in [0.2, 0.25) is 0 Å². The Morgan fingerprint density at radius 3 is 2.67 bits per heavy atom. The minimum Gasteiger partial charge on any atom is -0.316 e. The van der Waals surface area contributed by atoms with Crippen LogP contribution in [0.25, 0.3) is 21.8 Å². The predicted molar refractivity (Wildman–Crippen MR) is 107 cm³/mol. The van der Waals surface area contributed by atoms with Crippen molar-refractivity contribution in [3.63, 3.8) is 0 Å². The molecule has 27 heavy (non-hydrogen) atoms. The lowest BCUT2D eigenvalue weighted by Gasteiger charge is -1.99. The second-order valence-corrected chi connectivity index (χ2v) is 7.48. The Morgan fingerprint density at radius 2 is 1.85 bits per heavy atom. The van der Waals surface area contributed by atoms with Gasteiger partial charge in [-0.2, -0.15) is 4.37 Å². The number of carbonyl (C=O) groups excluding carboxylic acids is 1. The highest BCUT2D eigenvalue weighted by atomic mass is 32.1. The molecular formula is C20H14FN3OS2. The summed E-state index contributed by atoms with van der Waals surface area (Å²) in [5.74, 6) is -0.462. The molecule has 0 aliphatic heterocycles. The smallest absolute Gasteiger partial charge is 0.231 e. The van der Waals surface area contributed by atoms with Crippen LogP contribution in [0, 0.1) is 5.82 Å². The van der Waals surface area contributed by atoms with Gasteiger partial charge in [-0.05, 0) is 23.7 Å². The summed E-state index contributed by atoms with van der Waals surface area (Å²) in [7, 11) is 0. The van der Waals surface area contributed by atoms with E-state index in [2.05, 4.69) is 14.7 Å². The van der Waals surface area contributed by atoms with E-state index in [9.17, 15) is 9.18 Å². The first-order valence-electron chi connectivity index (χ1n) is 8.20. The first-order valence-corrected chi connectivity index (χ1v) is 9.85. The monoisotopic (exact) mass is 395 g/mol. The van der Waals surface area contributed by atoms with Gasteiger partial charge in [0.05, 0.1) is 17.8 Å². The lowest BCUT2D eigenvalue weighted by molar-refractivity contribution is -0.115. The maximum absolute atomic E-state index is 13.3. The number of halogens is 1. The van der Waals surface area contributed by atoms with Gasteiger partial charge < -0.3 is 5.32 Å². The third-order valence-corrected chi connectivity index (χ3v) is 5.45. The molecule has 0 bridgehead atoms. The summed E-state index contributed by atoms with van der Waals surface area (Å²) in [5.41, 5.74) is 3.21. The van der Waals surface area contributed by atoms with Crippen molar-refractivity contribution >= 4 is 33.8 Å². The standard InChI is InChI=1S/C20H14FN3OS2/c21-15-8-4-7-14(9-15)20-22-16(12-26-20)10-18(25)23-19-11-17(24-27-19)13-5-2-1-3-6-13/h1-9,11-12H,10H2,(H,23,25). The summed E-state index contributed by atoms with van der Waals surface area (Å²) in [6.07, 6.45) is 0.157. The van der Waals surface area contributed by atoms with Crippen LogP contribution in [0.3, 0.4) is 0 Å². The number of rotatable bonds is 5. The highest BCUT2D eigenvalue weighted by molar-refractivity contribution is 7.13. The molecular weight excluding hydrogens is 381 g/mol. The molecule has 0 spiro atoms. The normalized spacial score (nSPS) is 10.7. The van der Waals surface area contributed by atoms with E-state index >= 15 is 0 Å². The first kappa shape index (κ1) is 17.5. The molecule has 1 N–H and O–H groups in total. The van der Waals surface area contributed by atoms with E-state index in [1.165, 1.54) is 35.0 Å². The number of aromatic nitrogens is 2. The molecule has 2 heterocycles. The number of amides is 1. The molecule has 7 heteroatoms. The van der Waals surface area contributed by atoms with Crippen molar-refractivity contribution in [3.8, 4) is 21.8 Å². The Labute approximate surface area is 163 Å². The maximum atomic E-state index is 13.3. The molecule has 4 rings (SSSR count). The Morgan fingerprint density at radius 1 is 1.04 bits per heavy atom. The summed E-state index contributed by atoms with van der Waals surface area (Å²) in [6.45, 7) is 0. The molecule has 0 aliphatic rings. The van der Waals surface area contributed by atoms with Crippen LogP contribution in [0.4, 0.5) is 9.39 Å². The van der Waals surface area contributed by atoms with Gasteiger partial charge in [0.15, 0.2) is 0 Å². The van der Waals surface area contributed by atoms with Crippen molar-refractivity contribution in [2.45, 2.75) is 6.42 Å². The van der Waals surface area contributed by atoms with Crippen LogP contribution in [-0.4, -0.2) is 15.3 Å². The van der Waals surface area contributed by atoms with Gasteiger partial charge in [0.1, 0.15) is 15.8 Å². The summed E-state index contributed by atoms with van der Waals surface area (Å²) in [5, 5.41) is 6.07. The zero-order valence-corrected chi connectivity index (χ0v) is 15.7. The number of anilines is 1. The fourth-order valence-corrected chi connectivity index (χ4v) is 4.06. The van der Waals surface area contributed by atoms with Crippen molar-refractivity contribution in [1.82, 2.24) is 9.36 Å². The Bertz CT molecular complexity index is 1080. The van der Waals surface area contributed by atoms with Crippen LogP contribution < -0.4 is 5.32 Å². The number of nitrogens with zero attached hydrogens (tertiary/aromatic N) is 2. The van der Waals surface area contributed by atoms with E-state index in [0.29, 0.717) is 21.3 Å². The van der Waals surface area contributed by atoms with Crippen molar-refractivity contribution in [1.29, 1.82) is 0 Å². The molecule has 0 aliphatic carbocycles. The van der Waals surface area contributed by atoms with E-state index in [-0.39, 0.29) is 18.1 Å². The molecule has 1 amide bonds. The zero-order valence-electron chi connectivity index (χ0n) is 14.1. The third kappa shape index (κ3) is 4.27. The molecule has 134 valence electrons. The van der Waals surface area contributed by atoms with E-state index in [4.69, 9.17) is 0 Å². The maximum Gasteiger partial charge on any atom is 0.231 e. The van der Waals surface area contributed by atoms with E-state index in [1.54, 1.807) is 12.1 Å². The van der Waals surface area contributed by atoms with Crippen LogP contribution in [0.15, 0.2) is 66.0 Å². The highest BCUT2D eigenvalue weighted by Gasteiger charge is 2.12. The number of thiazole rings is 1. The summed E-state index contributed by atoms with van der Waals surface area (Å²) < 4.78 is 17.7. The van der Waals surface area contributed by atoms with Crippen molar-refractivity contribution in [3.05, 3.63) is 77.6 Å². The molecule has 0 saturated carbocycles. The quantitative estimate of drug-likeness (QED) is 0.502. The summed E-state index contributed by atoms with van der Waals surface area (Å²) in [6, 6.07) is 17.9. The van der Waals surface area contributed by atoms with Gasteiger partial charge in [-0.1, -0.05) is 42.5 Å². The SMILES string of the molecule is O=C(Cc1csc(-c2cccc(F)c2)n1)Nc1cc(-c2ccccc2)ns1. The van der Waals surface area contributed by atoms with Crippen molar-refractivity contribution in [2.24, 2.45) is 0 Å². The van der Waals surface area contributed by atoms with Crippen LogP contribution >= 0.6 is 22.9 Å². The second kappa shape index (κ2) is 7.77. The molecule has 4 aromatic rings. The molecule has 0 atom stereocenters. The lowest BCUT2D eigenvalue weighted by Crippen LogP contribution is -2.13. The lowest BCUT2D eigenvalue weighted by atomic mass is 10.1. The van der Waals surface area contributed by atoms with Gasteiger partial charge in [-0.3, -0.25) is 4.79 Å². The number of carbonyl (C=O) groups is 1. The Hall–Kier alpha value is -2.90. The van der Waals surface area contributed by atoms with Gasteiger partial charge in [0.2, 0.25) is 5.91 Å². The zero-order chi connectivity index (χ0) is 18.6. The Balaban J connectivity index is 1.41. The molecule has 0 fully saturated rings. The number of benzene rings is 2. The molecule has 4 nitrogen and oxygen atoms in total. The first-order chi connectivity index (χ1) is 13.2. The largest absolute Gasteiger partial charge is 0.316 e. The van der Waals surface area contributed by atoms with Gasteiger partial charge in [-0.25, -0.2) is 9.37 Å². The van der Waals surface area contributed by atoms with E-state index in [1.807, 2.05) is 41.8 Å². The van der Waals surface area contributed by atoms with Crippen LogP contribution in [-0.2, 0) is 11.2 Å². The molecule has 0 radical (unpaired) electrons. The van der Waals surface area contributed by atoms with E-state index < -0.39 is 0 Å². The minimum atomic E-state index is -0.304. The Kier molecular flexibility index (Phi) is 5.04. The van der Waals surface area contributed by atoms with Crippen LogP contribution in [0.1, 0.15) is 5.69 Å². The fourth-order valence-electron chi connectivity index (χ4n) is 2.57. The fraction of sp³-hybridized carbons (Fsp3) is 0.0500. The van der Waals surface area contributed by atoms with Gasteiger partial charge in [-0.15, -0.1) is 11.3 Å². The summed E-state index contributed by atoms with van der Waals surface area (Å²) >= 11 is 2.64. The third-order valence-electron chi connectivity index (χ3n) is 3.81. The average molecular weight is 395 g/mol. The number of hydrogen-bond donors (Lipinski definition) is 1. The highest BCUT2D eigenvalue weighted by Crippen LogP contribution is 2.26.